The first kappa shape index (κ1) is 37.6. The Labute approximate surface area is 389 Å². The molecule has 0 amide bonds. The minimum absolute atomic E-state index is 0.578. The minimum atomic E-state index is -0.578. The highest BCUT2D eigenvalue weighted by Crippen LogP contribution is 2.63. The fraction of sp³-hybridized carbons (Fsp3) is 0.0154. The van der Waals surface area contributed by atoms with Gasteiger partial charge in [-0.1, -0.05) is 218 Å². The van der Waals surface area contributed by atoms with Crippen molar-refractivity contribution < 1.29 is 0 Å². The van der Waals surface area contributed by atoms with Gasteiger partial charge in [-0.15, -0.1) is 0 Å². The van der Waals surface area contributed by atoms with Gasteiger partial charge in [0.1, 0.15) is 0 Å². The van der Waals surface area contributed by atoms with Crippen molar-refractivity contribution in [2.75, 3.05) is 4.90 Å². The molecule has 67 heavy (non-hydrogen) atoms. The molecule has 312 valence electrons. The highest BCUT2D eigenvalue weighted by atomic mass is 15.1. The molecule has 1 aliphatic heterocycles. The first-order valence-corrected chi connectivity index (χ1v) is 23.3. The van der Waals surface area contributed by atoms with E-state index in [9.17, 15) is 0 Å². The van der Waals surface area contributed by atoms with E-state index in [0.717, 1.165) is 22.6 Å². The lowest BCUT2D eigenvalue weighted by molar-refractivity contribution is 0.748. The highest BCUT2D eigenvalue weighted by molar-refractivity contribution is 6.13. The van der Waals surface area contributed by atoms with E-state index in [1.165, 1.54) is 99.5 Å². The molecule has 0 radical (unpaired) electrons. The fourth-order valence-electron chi connectivity index (χ4n) is 11.9. The van der Waals surface area contributed by atoms with E-state index in [2.05, 4.69) is 264 Å². The Morgan fingerprint density at radius 3 is 1.73 bits per heavy atom. The lowest BCUT2D eigenvalue weighted by atomic mass is 9.65. The van der Waals surface area contributed by atoms with Gasteiger partial charge in [-0.25, -0.2) is 0 Å². The summed E-state index contributed by atoms with van der Waals surface area (Å²) in [7, 11) is 0. The van der Waals surface area contributed by atoms with Gasteiger partial charge in [-0.2, -0.15) is 0 Å². The molecule has 2 heteroatoms. The highest BCUT2D eigenvalue weighted by Gasteiger charge is 2.51. The average Bonchev–Trinajstić information content (AvgIpc) is 3.90. The smallest absolute Gasteiger partial charge is 0.0755 e. The van der Waals surface area contributed by atoms with E-state index >= 15 is 0 Å². The maximum absolute atomic E-state index is 2.53. The summed E-state index contributed by atoms with van der Waals surface area (Å²) in [6.45, 7) is 0. The summed E-state index contributed by atoms with van der Waals surface area (Å²) in [5.41, 5.74) is 21.4. The molecule has 2 nitrogen and oxygen atoms in total. The first-order chi connectivity index (χ1) is 33.3. The molecular weight excluding hydrogens is 809 g/mol. The van der Waals surface area contributed by atoms with E-state index in [1.807, 2.05) is 0 Å². The Morgan fingerprint density at radius 1 is 0.313 bits per heavy atom. The van der Waals surface area contributed by atoms with Crippen LogP contribution < -0.4 is 4.90 Å². The molecule has 0 fully saturated rings. The van der Waals surface area contributed by atoms with Crippen molar-refractivity contribution in [3.8, 4) is 50.2 Å². The molecule has 2 aliphatic rings. The van der Waals surface area contributed by atoms with Crippen molar-refractivity contribution in [1.82, 2.24) is 4.57 Å². The maximum Gasteiger partial charge on any atom is 0.0755 e. The summed E-state index contributed by atoms with van der Waals surface area (Å²) in [6.07, 6.45) is 0. The van der Waals surface area contributed by atoms with Crippen molar-refractivity contribution in [2.45, 2.75) is 5.41 Å². The summed E-state index contributed by atoms with van der Waals surface area (Å²) in [6, 6.07) is 94.4. The minimum Gasteiger partial charge on any atom is -0.309 e. The summed E-state index contributed by atoms with van der Waals surface area (Å²) < 4.78 is 2.52. The van der Waals surface area contributed by atoms with Crippen LogP contribution in [0.25, 0.3) is 82.8 Å². The van der Waals surface area contributed by atoms with Crippen LogP contribution in [0.4, 0.5) is 17.1 Å². The number of benzene rings is 11. The zero-order valence-corrected chi connectivity index (χ0v) is 36.6. The molecule has 1 aromatic heterocycles. The molecule has 1 atom stereocenters. The van der Waals surface area contributed by atoms with E-state index in [-0.39, 0.29) is 0 Å². The Kier molecular flexibility index (Phi) is 8.23. The monoisotopic (exact) mass is 850 g/mol. The summed E-state index contributed by atoms with van der Waals surface area (Å²) in [5.74, 6) is 0. The third-order valence-corrected chi connectivity index (χ3v) is 14.6. The number of nitrogens with zero attached hydrogens (tertiary/aromatic N) is 2. The molecule has 2 heterocycles. The number of aromatic nitrogens is 1. The van der Waals surface area contributed by atoms with Crippen LogP contribution in [-0.2, 0) is 5.41 Å². The molecule has 0 bridgehead atoms. The number of rotatable bonds is 6. The van der Waals surface area contributed by atoms with E-state index in [1.54, 1.807) is 0 Å². The number of fused-ring (bicyclic) bond motifs is 13. The lowest BCUT2D eigenvalue weighted by Gasteiger charge is -2.39. The SMILES string of the molecule is c1ccc(-c2ccccc2-c2ccccc2N(c2ccc(-c3cccc4ccccc34)cc2)c2cccc3c2-c2ccccc2C32c3ccccc3-n3c4ccccc4c4cccc2c43)cc1. The lowest BCUT2D eigenvalue weighted by Crippen LogP contribution is -2.33. The summed E-state index contributed by atoms with van der Waals surface area (Å²) in [4.78, 5) is 2.53. The van der Waals surface area contributed by atoms with Gasteiger partial charge in [0.2, 0.25) is 0 Å². The predicted molar refractivity (Wildman–Crippen MR) is 280 cm³/mol. The van der Waals surface area contributed by atoms with E-state index < -0.39 is 5.41 Å². The van der Waals surface area contributed by atoms with Crippen LogP contribution in [0.3, 0.4) is 0 Å². The average molecular weight is 851 g/mol. The Hall–Kier alpha value is -8.72. The third-order valence-electron chi connectivity index (χ3n) is 14.6. The fourth-order valence-corrected chi connectivity index (χ4v) is 11.9. The topological polar surface area (TPSA) is 8.17 Å². The van der Waals surface area contributed by atoms with Crippen LogP contribution in [-0.4, -0.2) is 4.57 Å². The largest absolute Gasteiger partial charge is 0.309 e. The Morgan fingerprint density at radius 2 is 0.866 bits per heavy atom. The van der Waals surface area contributed by atoms with Gasteiger partial charge in [0.05, 0.1) is 33.5 Å². The number of anilines is 3. The van der Waals surface area contributed by atoms with E-state index in [0.29, 0.717) is 0 Å². The standard InChI is InChI=1S/C65H42N2/c1-2-19-43(20-3-1)49-24-6-7-25-50(49)51-26-9-13-35-59(51)66(46-41-39-45(40-42-46)48-29-16-22-44-21-4-5-23-47(44)48)62-38-18-33-57-63(62)54-28-8-11-31-55(54)65(57)56-32-12-15-37-61(56)67-60-36-14-10-27-52(60)53-30-17-34-58(65)64(53)67/h1-42H. The summed E-state index contributed by atoms with van der Waals surface area (Å²) in [5, 5.41) is 5.05. The van der Waals surface area contributed by atoms with Gasteiger partial charge in [-0.3, -0.25) is 0 Å². The number of hydrogen-bond acceptors (Lipinski definition) is 1. The molecule has 1 unspecified atom stereocenters. The van der Waals surface area contributed by atoms with Crippen LogP contribution in [0.1, 0.15) is 22.3 Å². The van der Waals surface area contributed by atoms with Gasteiger partial charge >= 0.3 is 0 Å². The Bertz CT molecular complexity index is 3930. The van der Waals surface area contributed by atoms with Crippen molar-refractivity contribution in [1.29, 1.82) is 0 Å². The van der Waals surface area contributed by atoms with Crippen LogP contribution in [0, 0.1) is 0 Å². The number of para-hydroxylation sites is 4. The maximum atomic E-state index is 2.53. The second-order valence-electron chi connectivity index (χ2n) is 17.9. The molecule has 14 rings (SSSR count). The summed E-state index contributed by atoms with van der Waals surface area (Å²) >= 11 is 0. The van der Waals surface area contributed by atoms with Crippen molar-refractivity contribution in [3.63, 3.8) is 0 Å². The zero-order valence-electron chi connectivity index (χ0n) is 36.6. The van der Waals surface area contributed by atoms with Crippen LogP contribution >= 0.6 is 0 Å². The normalized spacial score (nSPS) is 14.3. The molecule has 0 N–H and O–H groups in total. The molecule has 1 spiro atoms. The quantitative estimate of drug-likeness (QED) is 0.162. The molecule has 11 aromatic carbocycles. The second kappa shape index (κ2) is 14.7. The van der Waals surface area contributed by atoms with Gasteiger partial charge in [0, 0.05) is 27.6 Å². The molecule has 0 saturated carbocycles. The molecule has 1 aliphatic carbocycles. The van der Waals surface area contributed by atoms with Crippen molar-refractivity contribution in [2.24, 2.45) is 0 Å². The van der Waals surface area contributed by atoms with Gasteiger partial charge in [0.15, 0.2) is 0 Å². The molecular formula is C65H42N2. The first-order valence-electron chi connectivity index (χ1n) is 23.3. The Balaban J connectivity index is 1.06. The van der Waals surface area contributed by atoms with Crippen molar-refractivity contribution in [3.05, 3.63) is 277 Å². The third kappa shape index (κ3) is 5.33. The van der Waals surface area contributed by atoms with Gasteiger partial charge in [0.25, 0.3) is 0 Å². The van der Waals surface area contributed by atoms with Crippen LogP contribution in [0.15, 0.2) is 255 Å². The van der Waals surface area contributed by atoms with Crippen LogP contribution in [0.2, 0.25) is 0 Å². The van der Waals surface area contributed by atoms with Gasteiger partial charge in [-0.05, 0) is 103 Å². The van der Waals surface area contributed by atoms with Gasteiger partial charge < -0.3 is 9.47 Å². The predicted octanol–water partition coefficient (Wildman–Crippen LogP) is 17.1. The van der Waals surface area contributed by atoms with Crippen molar-refractivity contribution >= 4 is 49.6 Å². The number of hydrogen-bond donors (Lipinski definition) is 0. The van der Waals surface area contributed by atoms with Crippen LogP contribution in [0.5, 0.6) is 0 Å². The van der Waals surface area contributed by atoms with E-state index in [4.69, 9.17) is 0 Å². The second-order valence-corrected chi connectivity index (χ2v) is 17.9. The molecule has 12 aromatic rings. The molecule has 0 saturated heterocycles. The zero-order chi connectivity index (χ0) is 44.1.